The van der Waals surface area contributed by atoms with Crippen LogP contribution < -0.4 is 0 Å². The topological polar surface area (TPSA) is 177 Å². The second-order valence-corrected chi connectivity index (χ2v) is 14.0. The molecule has 2 aliphatic heterocycles. The van der Waals surface area contributed by atoms with Crippen LogP contribution in [0.4, 0.5) is 0 Å². The number of allylic oxidation sites excluding steroid dienone is 3. The van der Waals surface area contributed by atoms with Crippen molar-refractivity contribution in [3.8, 4) is 0 Å². The first-order valence-electron chi connectivity index (χ1n) is 17.7. The zero-order chi connectivity index (χ0) is 38.6. The smallest absolute Gasteiger partial charge is 0.308 e. The first-order valence-corrected chi connectivity index (χ1v) is 17.7. The van der Waals surface area contributed by atoms with E-state index in [-0.39, 0.29) is 31.7 Å². The maximum atomic E-state index is 13.5. The molecule has 0 radical (unpaired) electrons. The number of carbonyl (C=O) groups is 4. The molecule has 1 fully saturated rings. The second-order valence-electron chi connectivity index (χ2n) is 14.0. The number of ketones is 1. The molecule has 2 aliphatic rings. The Hall–Kier alpha value is -2.72. The van der Waals surface area contributed by atoms with Gasteiger partial charge in [0.1, 0.15) is 12.2 Å². The molecule has 0 amide bonds. The molecule has 0 aliphatic carbocycles. The molecule has 292 valence electrons. The molecule has 2 rings (SSSR count). The molecule has 51 heavy (non-hydrogen) atoms. The van der Waals surface area contributed by atoms with Gasteiger partial charge in [-0.25, -0.2) is 0 Å². The van der Waals surface area contributed by atoms with Gasteiger partial charge in [0.05, 0.1) is 37.4 Å². The van der Waals surface area contributed by atoms with Crippen molar-refractivity contribution in [3.63, 3.8) is 0 Å². The van der Waals surface area contributed by atoms with Crippen molar-refractivity contribution in [1.29, 1.82) is 0 Å². The summed E-state index contributed by atoms with van der Waals surface area (Å²) in [6.07, 6.45) is -2.03. The van der Waals surface area contributed by atoms with E-state index in [1.807, 2.05) is 6.92 Å². The van der Waals surface area contributed by atoms with Crippen LogP contribution in [0.2, 0.25) is 0 Å². The third-order valence-corrected chi connectivity index (χ3v) is 9.73. The lowest BCUT2D eigenvalue weighted by molar-refractivity contribution is -0.309. The van der Waals surface area contributed by atoms with Crippen LogP contribution in [0.5, 0.6) is 0 Å². The molecular formula is C37H61NO13. The zero-order valence-electron chi connectivity index (χ0n) is 32.1. The average molecular weight is 728 g/mol. The molecule has 2 heterocycles. The molecule has 14 nitrogen and oxygen atoms in total. The molecule has 0 aromatic rings. The van der Waals surface area contributed by atoms with Gasteiger partial charge >= 0.3 is 17.9 Å². The van der Waals surface area contributed by atoms with Gasteiger partial charge in [-0.05, 0) is 52.8 Å². The standard InChI is InChI=1S/C37H61NO13/c1-12-30-27(19-39)15-20(2)13-14-28(42)21(3)16-26(17-32(45-10)46-11)34(22(4)29(43)18-31(44)50-30)51-37-36(49-25(7)41)33(38(8)9)35(23(5)47-37)48-24(6)40/h13-15,21-23,26-27,29-30,32-37,39,43H,12,16-19H2,1-11H3/t21-,22+,23-,26-,27-,29-,30-,33+,34-,35-,36-,37+/m1/s1. The Labute approximate surface area is 302 Å². The van der Waals surface area contributed by atoms with Crippen molar-refractivity contribution < 1.29 is 62.5 Å². The fourth-order valence-corrected chi connectivity index (χ4v) is 6.97. The maximum absolute atomic E-state index is 13.5. The molecule has 1 saturated heterocycles. The number of ether oxygens (including phenoxy) is 7. The van der Waals surface area contributed by atoms with E-state index in [2.05, 4.69) is 0 Å². The van der Waals surface area contributed by atoms with Gasteiger partial charge in [-0.3, -0.25) is 24.1 Å². The molecule has 0 unspecified atom stereocenters. The first kappa shape index (κ1) is 44.4. The minimum atomic E-state index is -1.29. The van der Waals surface area contributed by atoms with E-state index in [0.29, 0.717) is 12.0 Å². The van der Waals surface area contributed by atoms with Gasteiger partial charge in [0.2, 0.25) is 0 Å². The number of esters is 3. The fraction of sp³-hybridized carbons (Fsp3) is 0.784. The number of carbonyl (C=O) groups excluding carboxylic acids is 4. The summed E-state index contributed by atoms with van der Waals surface area (Å²) in [6, 6.07) is -0.690. The summed E-state index contributed by atoms with van der Waals surface area (Å²) in [7, 11) is 6.49. The van der Waals surface area contributed by atoms with Gasteiger partial charge in [0.15, 0.2) is 24.5 Å². The van der Waals surface area contributed by atoms with Crippen molar-refractivity contribution in [1.82, 2.24) is 4.90 Å². The molecule has 2 N–H and O–H groups in total. The lowest BCUT2D eigenvalue weighted by Gasteiger charge is -2.48. The average Bonchev–Trinajstić information content (AvgIpc) is 3.06. The Morgan fingerprint density at radius 1 is 1.00 bits per heavy atom. The van der Waals surface area contributed by atoms with Crippen LogP contribution in [-0.2, 0) is 52.3 Å². The summed E-state index contributed by atoms with van der Waals surface area (Å²) < 4.78 is 41.5. The van der Waals surface area contributed by atoms with Crippen LogP contribution in [0.3, 0.4) is 0 Å². The van der Waals surface area contributed by atoms with E-state index in [9.17, 15) is 29.4 Å². The largest absolute Gasteiger partial charge is 0.462 e. The highest BCUT2D eigenvalue weighted by atomic mass is 16.7. The zero-order valence-corrected chi connectivity index (χ0v) is 32.1. The molecule has 0 aromatic heterocycles. The normalized spacial score (nSPS) is 34.6. The molecule has 0 bridgehead atoms. The van der Waals surface area contributed by atoms with Gasteiger partial charge in [0, 0.05) is 52.2 Å². The van der Waals surface area contributed by atoms with E-state index in [1.165, 1.54) is 34.1 Å². The Balaban J connectivity index is 2.73. The van der Waals surface area contributed by atoms with Gasteiger partial charge in [0.25, 0.3) is 0 Å². The van der Waals surface area contributed by atoms with Crippen LogP contribution in [0.1, 0.15) is 74.1 Å². The molecule has 0 aromatic carbocycles. The number of aliphatic hydroxyl groups excluding tert-OH is 2. The number of nitrogens with zero attached hydrogens (tertiary/aromatic N) is 1. The molecule has 0 spiro atoms. The fourth-order valence-electron chi connectivity index (χ4n) is 6.97. The predicted molar refractivity (Wildman–Crippen MR) is 186 cm³/mol. The highest BCUT2D eigenvalue weighted by molar-refractivity contribution is 5.91. The Morgan fingerprint density at radius 3 is 2.14 bits per heavy atom. The minimum Gasteiger partial charge on any atom is -0.462 e. The number of hydrogen-bond donors (Lipinski definition) is 2. The van der Waals surface area contributed by atoms with E-state index in [1.54, 1.807) is 58.8 Å². The van der Waals surface area contributed by atoms with Crippen LogP contribution >= 0.6 is 0 Å². The summed E-state index contributed by atoms with van der Waals surface area (Å²) in [5.41, 5.74) is 0.712. The van der Waals surface area contributed by atoms with Crippen molar-refractivity contribution in [2.24, 2.45) is 23.7 Å². The summed E-state index contributed by atoms with van der Waals surface area (Å²) in [4.78, 5) is 53.2. The van der Waals surface area contributed by atoms with Crippen molar-refractivity contribution in [2.75, 3.05) is 34.9 Å². The first-order chi connectivity index (χ1) is 24.0. The second kappa shape index (κ2) is 21.1. The van der Waals surface area contributed by atoms with E-state index >= 15 is 0 Å². The van der Waals surface area contributed by atoms with Gasteiger partial charge < -0.3 is 43.4 Å². The number of cyclic esters (lactones) is 1. The molecule has 12 atom stereocenters. The van der Waals surface area contributed by atoms with Crippen LogP contribution in [-0.4, -0.2) is 129 Å². The Kier molecular flexibility index (Phi) is 18.4. The van der Waals surface area contributed by atoms with Gasteiger partial charge in [-0.1, -0.05) is 38.5 Å². The van der Waals surface area contributed by atoms with Crippen molar-refractivity contribution in [3.05, 3.63) is 23.8 Å². The quantitative estimate of drug-likeness (QED) is 0.180. The van der Waals surface area contributed by atoms with Gasteiger partial charge in [-0.2, -0.15) is 0 Å². The Morgan fingerprint density at radius 2 is 1.61 bits per heavy atom. The maximum Gasteiger partial charge on any atom is 0.308 e. The number of hydrogen-bond acceptors (Lipinski definition) is 14. The SMILES string of the molecule is CC[C@H]1OC(=O)C[C@@H](O)[C@H](C)[C@@H](O[C@@H]2O[C@H](C)[C@@H](OC(C)=O)[C@H](N(C)C)[C@H]2OC(C)=O)[C@@H](CC(OC)OC)C[C@@H](C)C(=O)C=CC(C)=C[C@@H]1CO. The molecule has 14 heteroatoms. The lowest BCUT2D eigenvalue weighted by atomic mass is 9.79. The van der Waals surface area contributed by atoms with E-state index in [0.717, 1.165) is 0 Å². The number of methoxy groups -OCH3 is 2. The van der Waals surface area contributed by atoms with E-state index < -0.39 is 96.8 Å². The number of aliphatic hydroxyl groups is 2. The van der Waals surface area contributed by atoms with Gasteiger partial charge in [-0.15, -0.1) is 0 Å². The number of likely N-dealkylation sites (N-methyl/N-ethyl adjacent to an activating group) is 1. The lowest BCUT2D eigenvalue weighted by Crippen LogP contribution is -2.65. The third kappa shape index (κ3) is 13.0. The highest BCUT2D eigenvalue weighted by Crippen LogP contribution is 2.37. The predicted octanol–water partition coefficient (Wildman–Crippen LogP) is 2.96. The van der Waals surface area contributed by atoms with Crippen LogP contribution in [0.15, 0.2) is 23.8 Å². The molecular weight excluding hydrogens is 666 g/mol. The summed E-state index contributed by atoms with van der Waals surface area (Å²) in [6.45, 7) is 11.1. The van der Waals surface area contributed by atoms with Crippen LogP contribution in [0.25, 0.3) is 0 Å². The summed E-state index contributed by atoms with van der Waals surface area (Å²) >= 11 is 0. The third-order valence-electron chi connectivity index (χ3n) is 9.73. The van der Waals surface area contributed by atoms with Crippen molar-refractivity contribution >= 4 is 23.7 Å². The van der Waals surface area contributed by atoms with Crippen molar-refractivity contribution in [2.45, 2.75) is 129 Å². The summed E-state index contributed by atoms with van der Waals surface area (Å²) in [5, 5.41) is 21.8. The number of rotatable bonds is 11. The van der Waals surface area contributed by atoms with E-state index in [4.69, 9.17) is 33.2 Å². The minimum absolute atomic E-state index is 0.158. The van der Waals surface area contributed by atoms with Crippen LogP contribution in [0, 0.1) is 23.7 Å². The highest BCUT2D eigenvalue weighted by Gasteiger charge is 2.51. The Bertz CT molecular complexity index is 1200. The monoisotopic (exact) mass is 727 g/mol. The summed E-state index contributed by atoms with van der Waals surface area (Å²) in [5.74, 6) is -4.34. The molecule has 0 saturated carbocycles.